The topological polar surface area (TPSA) is 55.1 Å². The number of carbonyl (C=O) groups excluding carboxylic acids is 1. The molecule has 4 heteroatoms. The number of carbonyl (C=O) groups is 1. The number of benzene rings is 1. The first-order valence-corrected chi connectivity index (χ1v) is 8.16. The zero-order valence-corrected chi connectivity index (χ0v) is 14.5. The Morgan fingerprint density at radius 3 is 2.45 bits per heavy atom. The molecule has 1 amide bonds. The maximum Gasteiger partial charge on any atom is 0.224 e. The number of nitrogens with one attached hydrogen (secondary N) is 1. The third-order valence-corrected chi connectivity index (χ3v) is 4.97. The number of rotatable bonds is 7. The normalized spacial score (nSPS) is 18.5. The summed E-state index contributed by atoms with van der Waals surface area (Å²) in [5, 5.41) is 3.14. The molecule has 1 aromatic rings. The molecule has 0 aliphatic heterocycles. The van der Waals surface area contributed by atoms with E-state index in [0.29, 0.717) is 5.41 Å². The van der Waals surface area contributed by atoms with Crippen LogP contribution in [-0.2, 0) is 4.79 Å². The van der Waals surface area contributed by atoms with Gasteiger partial charge in [-0.15, -0.1) is 12.4 Å². The van der Waals surface area contributed by atoms with Gasteiger partial charge in [-0.05, 0) is 30.2 Å². The summed E-state index contributed by atoms with van der Waals surface area (Å²) < 4.78 is 0. The molecule has 0 heterocycles. The van der Waals surface area contributed by atoms with E-state index in [2.05, 4.69) is 12.2 Å². The first-order valence-electron chi connectivity index (χ1n) is 8.16. The van der Waals surface area contributed by atoms with Crippen LogP contribution in [0, 0.1) is 11.3 Å². The smallest absolute Gasteiger partial charge is 0.224 e. The van der Waals surface area contributed by atoms with Crippen molar-refractivity contribution in [3.63, 3.8) is 0 Å². The SMILES string of the molecule is CCCC1(CNC(=O)C(C)C(N)c2ccccc2)CCC1.Cl. The molecule has 3 nitrogen and oxygen atoms in total. The van der Waals surface area contributed by atoms with Crippen molar-refractivity contribution in [3.8, 4) is 0 Å². The first kappa shape index (κ1) is 19.0. The average molecular weight is 325 g/mol. The molecule has 2 atom stereocenters. The Balaban J connectivity index is 0.00000242. The van der Waals surface area contributed by atoms with Gasteiger partial charge in [0.2, 0.25) is 5.91 Å². The molecule has 0 radical (unpaired) electrons. The van der Waals surface area contributed by atoms with Crippen LogP contribution in [0.3, 0.4) is 0 Å². The summed E-state index contributed by atoms with van der Waals surface area (Å²) in [6.45, 7) is 4.95. The lowest BCUT2D eigenvalue weighted by Crippen LogP contribution is -2.45. The van der Waals surface area contributed by atoms with Crippen LogP contribution in [-0.4, -0.2) is 12.5 Å². The van der Waals surface area contributed by atoms with E-state index in [0.717, 1.165) is 12.1 Å². The van der Waals surface area contributed by atoms with Gasteiger partial charge in [-0.1, -0.05) is 57.0 Å². The molecule has 1 aliphatic rings. The Hall–Kier alpha value is -1.06. The van der Waals surface area contributed by atoms with E-state index in [9.17, 15) is 4.79 Å². The minimum Gasteiger partial charge on any atom is -0.355 e. The van der Waals surface area contributed by atoms with Crippen molar-refractivity contribution in [3.05, 3.63) is 35.9 Å². The van der Waals surface area contributed by atoms with E-state index in [1.165, 1.54) is 32.1 Å². The van der Waals surface area contributed by atoms with Crippen LogP contribution in [0.15, 0.2) is 30.3 Å². The lowest BCUT2D eigenvalue weighted by molar-refractivity contribution is -0.126. The van der Waals surface area contributed by atoms with Crippen LogP contribution in [0.2, 0.25) is 0 Å². The molecule has 1 aliphatic carbocycles. The average Bonchev–Trinajstić information content (AvgIpc) is 2.48. The lowest BCUT2D eigenvalue weighted by Gasteiger charge is -2.42. The molecule has 2 rings (SSSR count). The Bertz CT molecular complexity index is 459. The Morgan fingerprint density at radius 1 is 1.32 bits per heavy atom. The van der Waals surface area contributed by atoms with Gasteiger partial charge >= 0.3 is 0 Å². The third-order valence-electron chi connectivity index (χ3n) is 4.97. The molecule has 0 aromatic heterocycles. The highest BCUT2D eigenvalue weighted by molar-refractivity contribution is 5.85. The van der Waals surface area contributed by atoms with Gasteiger partial charge in [0.05, 0.1) is 5.92 Å². The second-order valence-electron chi connectivity index (χ2n) is 6.55. The number of halogens is 1. The van der Waals surface area contributed by atoms with E-state index in [-0.39, 0.29) is 30.3 Å². The van der Waals surface area contributed by atoms with Gasteiger partial charge in [0.15, 0.2) is 0 Å². The second-order valence-corrected chi connectivity index (χ2v) is 6.55. The summed E-state index contributed by atoms with van der Waals surface area (Å²) in [7, 11) is 0. The van der Waals surface area contributed by atoms with Gasteiger partial charge in [0.1, 0.15) is 0 Å². The van der Waals surface area contributed by atoms with Crippen molar-refractivity contribution < 1.29 is 4.79 Å². The fourth-order valence-electron chi connectivity index (χ4n) is 3.28. The summed E-state index contributed by atoms with van der Waals surface area (Å²) in [6.07, 6.45) is 6.21. The Kier molecular flexibility index (Phi) is 7.37. The summed E-state index contributed by atoms with van der Waals surface area (Å²) in [4.78, 5) is 12.4. The first-order chi connectivity index (χ1) is 10.1. The van der Waals surface area contributed by atoms with Crippen molar-refractivity contribution >= 4 is 18.3 Å². The molecule has 1 fully saturated rings. The van der Waals surface area contributed by atoms with Crippen molar-refractivity contribution in [1.82, 2.24) is 5.32 Å². The molecule has 0 saturated heterocycles. The molecule has 3 N–H and O–H groups in total. The Labute approximate surface area is 140 Å². The van der Waals surface area contributed by atoms with Crippen LogP contribution in [0.1, 0.15) is 57.6 Å². The monoisotopic (exact) mass is 324 g/mol. The quantitative estimate of drug-likeness (QED) is 0.800. The van der Waals surface area contributed by atoms with Gasteiger partial charge in [-0.2, -0.15) is 0 Å². The van der Waals surface area contributed by atoms with Gasteiger partial charge in [-0.3, -0.25) is 4.79 Å². The van der Waals surface area contributed by atoms with Crippen LogP contribution in [0.4, 0.5) is 0 Å². The highest BCUT2D eigenvalue weighted by atomic mass is 35.5. The van der Waals surface area contributed by atoms with Crippen molar-refractivity contribution in [1.29, 1.82) is 0 Å². The van der Waals surface area contributed by atoms with Gasteiger partial charge < -0.3 is 11.1 Å². The molecule has 124 valence electrons. The van der Waals surface area contributed by atoms with Crippen molar-refractivity contribution in [2.24, 2.45) is 17.1 Å². The van der Waals surface area contributed by atoms with Gasteiger partial charge in [0.25, 0.3) is 0 Å². The van der Waals surface area contributed by atoms with E-state index >= 15 is 0 Å². The molecule has 1 saturated carbocycles. The van der Waals surface area contributed by atoms with Crippen LogP contribution in [0.25, 0.3) is 0 Å². The summed E-state index contributed by atoms with van der Waals surface area (Å²) >= 11 is 0. The molecule has 22 heavy (non-hydrogen) atoms. The van der Waals surface area contributed by atoms with Crippen molar-refractivity contribution in [2.45, 2.75) is 52.0 Å². The lowest BCUT2D eigenvalue weighted by atomic mass is 9.66. The fraction of sp³-hybridized carbons (Fsp3) is 0.611. The molecular weight excluding hydrogens is 296 g/mol. The fourth-order valence-corrected chi connectivity index (χ4v) is 3.28. The zero-order valence-electron chi connectivity index (χ0n) is 13.7. The number of amides is 1. The van der Waals surface area contributed by atoms with E-state index in [1.54, 1.807) is 0 Å². The predicted octanol–water partition coefficient (Wildman–Crippen LogP) is 3.83. The number of hydrogen-bond donors (Lipinski definition) is 2. The third kappa shape index (κ3) is 4.47. The van der Waals surface area contributed by atoms with E-state index in [1.807, 2.05) is 37.3 Å². The maximum atomic E-state index is 12.4. The van der Waals surface area contributed by atoms with Crippen LogP contribution in [0.5, 0.6) is 0 Å². The van der Waals surface area contributed by atoms with Crippen LogP contribution >= 0.6 is 12.4 Å². The highest BCUT2D eigenvalue weighted by Gasteiger charge is 2.36. The van der Waals surface area contributed by atoms with Crippen molar-refractivity contribution in [2.75, 3.05) is 6.54 Å². The standard InChI is InChI=1S/C18H28N2O.ClH/c1-3-10-18(11-7-12-18)13-20-17(21)14(2)16(19)15-8-5-4-6-9-15;/h4-6,8-9,14,16H,3,7,10-13,19H2,1-2H3,(H,20,21);1H. The Morgan fingerprint density at radius 2 is 1.95 bits per heavy atom. The largest absolute Gasteiger partial charge is 0.355 e. The minimum absolute atomic E-state index is 0. The van der Waals surface area contributed by atoms with Gasteiger partial charge in [-0.25, -0.2) is 0 Å². The maximum absolute atomic E-state index is 12.4. The second kappa shape index (κ2) is 8.54. The summed E-state index contributed by atoms with van der Waals surface area (Å²) in [5.41, 5.74) is 7.61. The summed E-state index contributed by atoms with van der Waals surface area (Å²) in [6, 6.07) is 9.62. The minimum atomic E-state index is -0.241. The predicted molar refractivity (Wildman–Crippen MR) is 94.0 cm³/mol. The van der Waals surface area contributed by atoms with E-state index < -0.39 is 0 Å². The number of hydrogen-bond acceptors (Lipinski definition) is 2. The van der Waals surface area contributed by atoms with E-state index in [4.69, 9.17) is 5.73 Å². The highest BCUT2D eigenvalue weighted by Crippen LogP contribution is 2.44. The molecular formula is C18H29ClN2O. The molecule has 2 unspecified atom stereocenters. The molecule has 0 spiro atoms. The zero-order chi connectivity index (χ0) is 15.3. The molecule has 0 bridgehead atoms. The van der Waals surface area contributed by atoms with Crippen LogP contribution < -0.4 is 11.1 Å². The number of nitrogens with two attached hydrogens (primary N) is 1. The molecule has 1 aromatic carbocycles. The van der Waals surface area contributed by atoms with Gasteiger partial charge in [0, 0.05) is 12.6 Å². The summed E-state index contributed by atoms with van der Waals surface area (Å²) in [5.74, 6) is -0.125.